The minimum atomic E-state index is -0.823. The molecule has 0 unspecified atom stereocenters. The molecule has 118 valence electrons. The average molecular weight is 322 g/mol. The fourth-order valence-corrected chi connectivity index (χ4v) is 3.27. The first kappa shape index (κ1) is 16.8. The van der Waals surface area contributed by atoms with E-state index >= 15 is 0 Å². The summed E-state index contributed by atoms with van der Waals surface area (Å²) in [4.78, 5) is 0.964. The highest BCUT2D eigenvalue weighted by Gasteiger charge is 2.20. The van der Waals surface area contributed by atoms with Crippen molar-refractivity contribution < 1.29 is 13.9 Å². The number of hydrogen-bond donors (Lipinski definition) is 1. The van der Waals surface area contributed by atoms with Gasteiger partial charge in [-0.25, -0.2) is 8.78 Å². The van der Waals surface area contributed by atoms with Crippen molar-refractivity contribution in [2.45, 2.75) is 43.8 Å². The smallest absolute Gasteiger partial charge is 0.162 e. The van der Waals surface area contributed by atoms with E-state index in [1.807, 2.05) is 33.8 Å². The average Bonchev–Trinajstić information content (AvgIpc) is 2.40. The van der Waals surface area contributed by atoms with Gasteiger partial charge < -0.3 is 5.11 Å². The molecule has 0 amide bonds. The van der Waals surface area contributed by atoms with Crippen LogP contribution in [0.2, 0.25) is 0 Å². The van der Waals surface area contributed by atoms with E-state index in [4.69, 9.17) is 0 Å². The molecule has 0 aliphatic carbocycles. The minimum absolute atomic E-state index is 0.183. The van der Waals surface area contributed by atoms with Gasteiger partial charge in [-0.15, -0.1) is 11.8 Å². The number of phenols is 1. The zero-order valence-corrected chi connectivity index (χ0v) is 14.0. The van der Waals surface area contributed by atoms with Crippen molar-refractivity contribution in [3.8, 4) is 5.75 Å². The third-order valence-electron chi connectivity index (χ3n) is 3.52. The van der Waals surface area contributed by atoms with E-state index in [0.29, 0.717) is 11.3 Å². The molecular formula is C18H20F2OS. The van der Waals surface area contributed by atoms with Crippen molar-refractivity contribution in [2.24, 2.45) is 0 Å². The second-order valence-corrected chi connectivity index (χ2v) is 7.40. The summed E-state index contributed by atoms with van der Waals surface area (Å²) in [6.07, 6.45) is 0. The highest BCUT2D eigenvalue weighted by Crippen LogP contribution is 2.37. The second kappa shape index (κ2) is 6.29. The number of benzene rings is 2. The molecule has 0 aliphatic heterocycles. The molecular weight excluding hydrogens is 302 g/mol. The van der Waals surface area contributed by atoms with Crippen molar-refractivity contribution in [3.05, 3.63) is 58.7 Å². The van der Waals surface area contributed by atoms with E-state index in [-0.39, 0.29) is 11.2 Å². The Morgan fingerprint density at radius 2 is 1.82 bits per heavy atom. The van der Waals surface area contributed by atoms with Crippen LogP contribution in [0.5, 0.6) is 5.75 Å². The SMILES string of the molecule is Cc1cc(O)c(C(C)(C)C)cc1SCc1cccc(F)c1F. The summed E-state index contributed by atoms with van der Waals surface area (Å²) in [6, 6.07) is 7.88. The summed E-state index contributed by atoms with van der Waals surface area (Å²) < 4.78 is 26.9. The summed E-state index contributed by atoms with van der Waals surface area (Å²) in [5.74, 6) is -0.997. The highest BCUT2D eigenvalue weighted by molar-refractivity contribution is 7.98. The molecule has 1 N–H and O–H groups in total. The first-order chi connectivity index (χ1) is 10.2. The van der Waals surface area contributed by atoms with Gasteiger partial charge in [-0.1, -0.05) is 32.9 Å². The van der Waals surface area contributed by atoms with E-state index < -0.39 is 11.6 Å². The summed E-state index contributed by atoms with van der Waals surface area (Å²) in [5.41, 5.74) is 1.93. The Labute approximate surface area is 134 Å². The van der Waals surface area contributed by atoms with Gasteiger partial charge in [0.1, 0.15) is 5.75 Å². The maximum atomic E-state index is 13.7. The molecule has 2 aromatic rings. The molecule has 0 spiro atoms. The zero-order valence-electron chi connectivity index (χ0n) is 13.2. The number of aromatic hydroxyl groups is 1. The first-order valence-electron chi connectivity index (χ1n) is 7.10. The zero-order chi connectivity index (χ0) is 16.5. The summed E-state index contributed by atoms with van der Waals surface area (Å²) in [6.45, 7) is 7.98. The largest absolute Gasteiger partial charge is 0.508 e. The molecule has 0 saturated carbocycles. The molecule has 0 fully saturated rings. The van der Waals surface area contributed by atoms with Crippen molar-refractivity contribution >= 4 is 11.8 Å². The first-order valence-corrected chi connectivity index (χ1v) is 8.08. The number of phenolic OH excluding ortho intramolecular Hbond substituents is 1. The van der Waals surface area contributed by atoms with Crippen LogP contribution in [0.1, 0.15) is 37.5 Å². The third-order valence-corrected chi connectivity index (χ3v) is 4.72. The van der Waals surface area contributed by atoms with Gasteiger partial charge in [0.25, 0.3) is 0 Å². The molecule has 0 saturated heterocycles. The van der Waals surface area contributed by atoms with Crippen LogP contribution >= 0.6 is 11.8 Å². The fraction of sp³-hybridized carbons (Fsp3) is 0.333. The van der Waals surface area contributed by atoms with Crippen LogP contribution in [-0.4, -0.2) is 5.11 Å². The molecule has 2 rings (SSSR count). The van der Waals surface area contributed by atoms with E-state index in [1.54, 1.807) is 12.1 Å². The Morgan fingerprint density at radius 3 is 2.45 bits per heavy atom. The predicted molar refractivity (Wildman–Crippen MR) is 87.5 cm³/mol. The van der Waals surface area contributed by atoms with E-state index in [2.05, 4.69) is 0 Å². The lowest BCUT2D eigenvalue weighted by molar-refractivity contribution is 0.445. The van der Waals surface area contributed by atoms with Crippen LogP contribution in [0, 0.1) is 18.6 Å². The predicted octanol–water partition coefficient (Wildman–Crippen LogP) is 5.57. The molecule has 0 bridgehead atoms. The normalized spacial score (nSPS) is 11.7. The second-order valence-electron chi connectivity index (χ2n) is 6.39. The minimum Gasteiger partial charge on any atom is -0.508 e. The number of rotatable bonds is 3. The van der Waals surface area contributed by atoms with Gasteiger partial charge in [0.05, 0.1) is 0 Å². The van der Waals surface area contributed by atoms with Crippen LogP contribution in [0.4, 0.5) is 8.78 Å². The Kier molecular flexibility index (Phi) is 4.81. The Balaban J connectivity index is 2.28. The molecule has 0 aromatic heterocycles. The molecule has 0 aliphatic rings. The number of halogens is 2. The molecule has 22 heavy (non-hydrogen) atoms. The van der Waals surface area contributed by atoms with E-state index in [1.165, 1.54) is 17.8 Å². The third kappa shape index (κ3) is 3.61. The van der Waals surface area contributed by atoms with Gasteiger partial charge in [-0.2, -0.15) is 0 Å². The van der Waals surface area contributed by atoms with Crippen molar-refractivity contribution in [1.82, 2.24) is 0 Å². The lowest BCUT2D eigenvalue weighted by atomic mass is 9.86. The van der Waals surface area contributed by atoms with Crippen LogP contribution in [0.3, 0.4) is 0 Å². The molecule has 1 nitrogen and oxygen atoms in total. The fourth-order valence-electron chi connectivity index (χ4n) is 2.24. The van der Waals surface area contributed by atoms with Gasteiger partial charge in [0.2, 0.25) is 0 Å². The lowest BCUT2D eigenvalue weighted by Crippen LogP contribution is -2.11. The molecule has 4 heteroatoms. The van der Waals surface area contributed by atoms with Crippen molar-refractivity contribution in [3.63, 3.8) is 0 Å². The van der Waals surface area contributed by atoms with Gasteiger partial charge >= 0.3 is 0 Å². The van der Waals surface area contributed by atoms with Gasteiger partial charge in [0.15, 0.2) is 11.6 Å². The Bertz CT molecular complexity index is 690. The molecule has 0 atom stereocenters. The monoisotopic (exact) mass is 322 g/mol. The summed E-state index contributed by atoms with van der Waals surface area (Å²) in [7, 11) is 0. The number of hydrogen-bond acceptors (Lipinski definition) is 2. The Morgan fingerprint density at radius 1 is 1.14 bits per heavy atom. The quantitative estimate of drug-likeness (QED) is 0.746. The van der Waals surface area contributed by atoms with Gasteiger partial charge in [0, 0.05) is 21.8 Å². The molecule has 0 heterocycles. The van der Waals surface area contributed by atoms with Crippen LogP contribution in [0.25, 0.3) is 0 Å². The molecule has 2 aromatic carbocycles. The van der Waals surface area contributed by atoms with Crippen LogP contribution in [0.15, 0.2) is 35.2 Å². The van der Waals surface area contributed by atoms with Crippen molar-refractivity contribution in [2.75, 3.05) is 0 Å². The van der Waals surface area contributed by atoms with E-state index in [0.717, 1.165) is 22.1 Å². The summed E-state index contributed by atoms with van der Waals surface area (Å²) in [5, 5.41) is 10.1. The van der Waals surface area contributed by atoms with E-state index in [9.17, 15) is 13.9 Å². The topological polar surface area (TPSA) is 20.2 Å². The number of aryl methyl sites for hydroxylation is 1. The van der Waals surface area contributed by atoms with Crippen LogP contribution < -0.4 is 0 Å². The maximum absolute atomic E-state index is 13.7. The maximum Gasteiger partial charge on any atom is 0.162 e. The standard InChI is InChI=1S/C18H20F2OS/c1-11-8-15(21)13(18(2,3)4)9-16(11)22-10-12-6-5-7-14(19)17(12)20/h5-9,21H,10H2,1-4H3. The Hall–Kier alpha value is -1.55. The molecule has 0 radical (unpaired) electrons. The van der Waals surface area contributed by atoms with Gasteiger partial charge in [-0.05, 0) is 36.1 Å². The summed E-state index contributed by atoms with van der Waals surface area (Å²) >= 11 is 1.44. The van der Waals surface area contributed by atoms with Crippen LogP contribution in [-0.2, 0) is 11.2 Å². The lowest BCUT2D eigenvalue weighted by Gasteiger charge is -2.22. The number of thioether (sulfide) groups is 1. The van der Waals surface area contributed by atoms with Gasteiger partial charge in [-0.3, -0.25) is 0 Å². The highest BCUT2D eigenvalue weighted by atomic mass is 32.2. The van der Waals surface area contributed by atoms with Crippen molar-refractivity contribution in [1.29, 1.82) is 0 Å².